The van der Waals surface area contributed by atoms with Gasteiger partial charge in [0.15, 0.2) is 0 Å². The Morgan fingerprint density at radius 2 is 1.78 bits per heavy atom. The van der Waals surface area contributed by atoms with Gasteiger partial charge in [0.05, 0.1) is 24.2 Å². The molecule has 10 heteroatoms. The van der Waals surface area contributed by atoms with E-state index in [2.05, 4.69) is 5.32 Å². The highest BCUT2D eigenvalue weighted by Gasteiger charge is 2.48. The molecule has 0 bridgehead atoms. The van der Waals surface area contributed by atoms with Crippen LogP contribution in [0.5, 0.6) is 5.75 Å². The van der Waals surface area contributed by atoms with Gasteiger partial charge in [-0.15, -0.1) is 0 Å². The van der Waals surface area contributed by atoms with Crippen molar-refractivity contribution in [3.8, 4) is 5.75 Å². The number of amides is 1. The Labute approximate surface area is 181 Å². The number of rotatable bonds is 7. The number of ether oxygens (including phenoxy) is 1. The molecule has 4 nitrogen and oxygen atoms in total. The van der Waals surface area contributed by atoms with E-state index in [1.165, 1.54) is 41.3 Å². The second-order valence-corrected chi connectivity index (χ2v) is 7.70. The average molecular weight is 460 g/mol. The SMILES string of the molecule is C[C@H](NC(=O)[C@H]1CC(F)(F)CN1CCOc1ccc(F)cc1)c1ccc(C(F)(F)F)cc1. The third-order valence-electron chi connectivity index (χ3n) is 5.23. The Balaban J connectivity index is 1.59. The summed E-state index contributed by atoms with van der Waals surface area (Å²) in [4.78, 5) is 14.0. The Hall–Kier alpha value is -2.75. The molecule has 2 aromatic carbocycles. The van der Waals surface area contributed by atoms with Gasteiger partial charge in [0.25, 0.3) is 5.92 Å². The molecule has 1 aliphatic heterocycles. The molecule has 1 fully saturated rings. The van der Waals surface area contributed by atoms with E-state index in [1.807, 2.05) is 0 Å². The first kappa shape index (κ1) is 23.9. The number of halogens is 6. The zero-order valence-electron chi connectivity index (χ0n) is 17.1. The highest BCUT2D eigenvalue weighted by atomic mass is 19.4. The number of alkyl halides is 5. The summed E-state index contributed by atoms with van der Waals surface area (Å²) in [6.45, 7) is 1.00. The van der Waals surface area contributed by atoms with Crippen molar-refractivity contribution >= 4 is 5.91 Å². The fourth-order valence-electron chi connectivity index (χ4n) is 3.54. The van der Waals surface area contributed by atoms with Crippen LogP contribution in [0.3, 0.4) is 0 Å². The van der Waals surface area contributed by atoms with E-state index in [0.29, 0.717) is 11.3 Å². The van der Waals surface area contributed by atoms with Crippen molar-refractivity contribution in [1.29, 1.82) is 0 Å². The summed E-state index contributed by atoms with van der Waals surface area (Å²) in [5, 5.41) is 2.60. The van der Waals surface area contributed by atoms with Gasteiger partial charge in [-0.1, -0.05) is 12.1 Å². The minimum absolute atomic E-state index is 0.0138. The zero-order chi connectivity index (χ0) is 23.5. The maximum atomic E-state index is 14.0. The molecule has 0 aliphatic carbocycles. The Morgan fingerprint density at radius 1 is 1.16 bits per heavy atom. The second kappa shape index (κ2) is 9.40. The van der Waals surface area contributed by atoms with Gasteiger partial charge >= 0.3 is 6.18 Å². The maximum absolute atomic E-state index is 14.0. The Bertz CT molecular complexity index is 916. The molecule has 0 aromatic heterocycles. The van der Waals surface area contributed by atoms with Crippen LogP contribution in [0.4, 0.5) is 26.3 Å². The third kappa shape index (κ3) is 6.15. The molecule has 3 rings (SSSR count). The summed E-state index contributed by atoms with van der Waals surface area (Å²) in [5.41, 5.74) is -0.398. The van der Waals surface area contributed by atoms with Gasteiger partial charge in [0.2, 0.25) is 5.91 Å². The molecule has 1 N–H and O–H groups in total. The Kier molecular flexibility index (Phi) is 7.02. The van der Waals surface area contributed by atoms with Crippen LogP contribution in [-0.2, 0) is 11.0 Å². The van der Waals surface area contributed by atoms with Crippen LogP contribution in [0, 0.1) is 5.82 Å². The summed E-state index contributed by atoms with van der Waals surface area (Å²) in [6, 6.07) is 7.73. The number of carbonyl (C=O) groups is 1. The number of benzene rings is 2. The van der Waals surface area contributed by atoms with E-state index >= 15 is 0 Å². The molecule has 1 aliphatic rings. The lowest BCUT2D eigenvalue weighted by molar-refractivity contribution is -0.137. The monoisotopic (exact) mass is 460 g/mol. The molecule has 2 atom stereocenters. The molecule has 1 saturated heterocycles. The maximum Gasteiger partial charge on any atom is 0.416 e. The largest absolute Gasteiger partial charge is 0.492 e. The van der Waals surface area contributed by atoms with Crippen LogP contribution < -0.4 is 10.1 Å². The van der Waals surface area contributed by atoms with Crippen molar-refractivity contribution in [1.82, 2.24) is 10.2 Å². The van der Waals surface area contributed by atoms with Gasteiger partial charge < -0.3 is 10.1 Å². The van der Waals surface area contributed by atoms with E-state index in [0.717, 1.165) is 12.1 Å². The number of likely N-dealkylation sites (tertiary alicyclic amines) is 1. The van der Waals surface area contributed by atoms with Gasteiger partial charge in [0.1, 0.15) is 18.2 Å². The lowest BCUT2D eigenvalue weighted by Gasteiger charge is -2.25. The van der Waals surface area contributed by atoms with Crippen molar-refractivity contribution in [2.45, 2.75) is 37.5 Å². The van der Waals surface area contributed by atoms with Gasteiger partial charge in [-0.3, -0.25) is 9.69 Å². The quantitative estimate of drug-likeness (QED) is 0.603. The number of nitrogens with one attached hydrogen (secondary N) is 1. The van der Waals surface area contributed by atoms with Crippen molar-refractivity contribution in [2.75, 3.05) is 19.7 Å². The average Bonchev–Trinajstić information content (AvgIpc) is 3.03. The molecular formula is C22H22F6N2O2. The first-order valence-electron chi connectivity index (χ1n) is 9.92. The van der Waals surface area contributed by atoms with E-state index in [4.69, 9.17) is 4.74 Å². The van der Waals surface area contributed by atoms with E-state index < -0.39 is 54.4 Å². The standard InChI is InChI=1S/C22H22F6N2O2/c1-14(15-2-4-16(5-3-15)22(26,27)28)29-20(31)19-12-21(24,25)13-30(19)10-11-32-18-8-6-17(23)7-9-18/h2-9,14,19H,10-13H2,1H3,(H,29,31)/t14-,19+/m0/s1. The highest BCUT2D eigenvalue weighted by molar-refractivity contribution is 5.82. The fraction of sp³-hybridized carbons (Fsp3) is 0.409. The fourth-order valence-corrected chi connectivity index (χ4v) is 3.54. The molecule has 0 radical (unpaired) electrons. The minimum atomic E-state index is -4.48. The minimum Gasteiger partial charge on any atom is -0.492 e. The molecule has 0 unspecified atom stereocenters. The molecule has 2 aromatic rings. The predicted octanol–water partition coefficient (Wildman–Crippen LogP) is 4.81. The molecule has 174 valence electrons. The van der Waals surface area contributed by atoms with Gasteiger partial charge in [0, 0.05) is 13.0 Å². The van der Waals surface area contributed by atoms with Gasteiger partial charge in [-0.05, 0) is 48.9 Å². The number of carbonyl (C=O) groups excluding carboxylic acids is 1. The van der Waals surface area contributed by atoms with Gasteiger partial charge in [-0.25, -0.2) is 13.2 Å². The van der Waals surface area contributed by atoms with Crippen LogP contribution in [0.2, 0.25) is 0 Å². The first-order chi connectivity index (χ1) is 14.9. The predicted molar refractivity (Wildman–Crippen MR) is 105 cm³/mol. The van der Waals surface area contributed by atoms with Crippen molar-refractivity contribution < 1.29 is 35.9 Å². The van der Waals surface area contributed by atoms with Crippen LogP contribution in [-0.4, -0.2) is 42.5 Å². The molecule has 32 heavy (non-hydrogen) atoms. The van der Waals surface area contributed by atoms with E-state index in [-0.39, 0.29) is 13.2 Å². The third-order valence-corrected chi connectivity index (χ3v) is 5.23. The van der Waals surface area contributed by atoms with E-state index in [1.54, 1.807) is 6.92 Å². The summed E-state index contributed by atoms with van der Waals surface area (Å²) in [6.07, 6.45) is -5.15. The smallest absolute Gasteiger partial charge is 0.416 e. The lowest BCUT2D eigenvalue weighted by Crippen LogP contribution is -2.45. The van der Waals surface area contributed by atoms with Crippen molar-refractivity contribution in [3.63, 3.8) is 0 Å². The van der Waals surface area contributed by atoms with Crippen LogP contribution in [0.15, 0.2) is 48.5 Å². The number of hydrogen-bond acceptors (Lipinski definition) is 3. The highest BCUT2D eigenvalue weighted by Crippen LogP contribution is 2.33. The lowest BCUT2D eigenvalue weighted by atomic mass is 10.0. The van der Waals surface area contributed by atoms with E-state index in [9.17, 15) is 31.1 Å². The van der Waals surface area contributed by atoms with Crippen LogP contribution in [0.1, 0.15) is 30.5 Å². The molecule has 0 saturated carbocycles. The summed E-state index contributed by atoms with van der Waals surface area (Å²) in [7, 11) is 0. The molecule has 0 spiro atoms. The summed E-state index contributed by atoms with van der Waals surface area (Å²) in [5.74, 6) is -3.77. The van der Waals surface area contributed by atoms with Crippen LogP contribution in [0.25, 0.3) is 0 Å². The summed E-state index contributed by atoms with van der Waals surface area (Å²) >= 11 is 0. The second-order valence-electron chi connectivity index (χ2n) is 7.70. The summed E-state index contributed by atoms with van der Waals surface area (Å²) < 4.78 is 84.5. The van der Waals surface area contributed by atoms with Gasteiger partial charge in [-0.2, -0.15) is 13.2 Å². The van der Waals surface area contributed by atoms with Crippen LogP contribution >= 0.6 is 0 Å². The molecule has 1 amide bonds. The Morgan fingerprint density at radius 3 is 2.38 bits per heavy atom. The first-order valence-corrected chi connectivity index (χ1v) is 9.92. The number of hydrogen-bond donors (Lipinski definition) is 1. The van der Waals surface area contributed by atoms with Crippen molar-refractivity contribution in [3.05, 3.63) is 65.5 Å². The molecule has 1 heterocycles. The molecular weight excluding hydrogens is 438 g/mol. The normalized spacial score (nSPS) is 19.5. The zero-order valence-corrected chi connectivity index (χ0v) is 17.1. The van der Waals surface area contributed by atoms with Crippen molar-refractivity contribution in [2.24, 2.45) is 0 Å². The topological polar surface area (TPSA) is 41.6 Å². The number of nitrogens with zero attached hydrogens (tertiary/aromatic N) is 1.